The zero-order valence-electron chi connectivity index (χ0n) is 10.4. The topological polar surface area (TPSA) is 73.2 Å². The maximum Gasteiger partial charge on any atom is 0.408 e. The molecule has 1 amide bonds. The summed E-state index contributed by atoms with van der Waals surface area (Å²) in [5.41, 5.74) is -0.581. The monoisotopic (exact) mass is 239 g/mol. The van der Waals surface area contributed by atoms with E-state index in [1.807, 2.05) is 0 Å². The number of amides is 1. The van der Waals surface area contributed by atoms with Gasteiger partial charge < -0.3 is 10.1 Å². The third-order valence-corrected chi connectivity index (χ3v) is 1.86. The van der Waals surface area contributed by atoms with Gasteiger partial charge in [0.25, 0.3) is 5.91 Å². The van der Waals surface area contributed by atoms with Gasteiger partial charge in [-0.2, -0.15) is 0 Å². The molecule has 0 saturated heterocycles. The van der Waals surface area contributed by atoms with Gasteiger partial charge in [-0.1, -0.05) is 0 Å². The minimum Gasteiger partial charge on any atom is -0.444 e. The van der Waals surface area contributed by atoms with Crippen LogP contribution in [0.4, 0.5) is 4.79 Å². The number of hydrogen-bond acceptors (Lipinski definition) is 4. The Labute approximate surface area is 100.0 Å². The lowest BCUT2D eigenvalue weighted by atomic mass is 10.2. The number of alkyl carbamates (subject to hydrolysis) is 1. The van der Waals surface area contributed by atoms with Gasteiger partial charge in [-0.15, -0.1) is 0 Å². The van der Waals surface area contributed by atoms with Crippen molar-refractivity contribution < 1.29 is 14.3 Å². The lowest BCUT2D eigenvalue weighted by Crippen LogP contribution is -2.43. The quantitative estimate of drug-likeness (QED) is 0.847. The number of carbonyl (C=O) groups excluding carboxylic acids is 2. The molecule has 0 aliphatic heterocycles. The molecule has 1 heterocycles. The molecule has 1 rings (SSSR count). The molecule has 0 aliphatic carbocycles. The van der Waals surface area contributed by atoms with Crippen LogP contribution in [-0.2, 0) is 4.74 Å². The molecule has 1 aromatic rings. The zero-order valence-corrected chi connectivity index (χ0v) is 10.4. The molecule has 0 saturated carbocycles. The highest BCUT2D eigenvalue weighted by molar-refractivity contribution is 5.87. The van der Waals surface area contributed by atoms with Crippen LogP contribution in [0.3, 0.4) is 0 Å². The van der Waals surface area contributed by atoms with Crippen LogP contribution in [-0.4, -0.2) is 33.2 Å². The fraction of sp³-hybridized carbons (Fsp3) is 0.545. The molecular formula is C11H17N3O3. The van der Waals surface area contributed by atoms with Crippen molar-refractivity contribution in [1.82, 2.24) is 14.9 Å². The molecule has 0 unspecified atom stereocenters. The average molecular weight is 239 g/mol. The predicted molar refractivity (Wildman–Crippen MR) is 61.7 cm³/mol. The summed E-state index contributed by atoms with van der Waals surface area (Å²) in [6.45, 7) is 6.87. The van der Waals surface area contributed by atoms with Crippen molar-refractivity contribution in [2.75, 3.05) is 0 Å². The van der Waals surface area contributed by atoms with Gasteiger partial charge in [-0.25, -0.2) is 9.78 Å². The van der Waals surface area contributed by atoms with Crippen LogP contribution < -0.4 is 5.32 Å². The number of aromatic nitrogens is 2. The Kier molecular flexibility index (Phi) is 3.88. The Hall–Kier alpha value is -1.85. The van der Waals surface area contributed by atoms with E-state index in [9.17, 15) is 9.59 Å². The van der Waals surface area contributed by atoms with Crippen LogP contribution in [0.5, 0.6) is 0 Å². The molecule has 94 valence electrons. The fourth-order valence-corrected chi connectivity index (χ4v) is 1.16. The Morgan fingerprint density at radius 2 is 2.06 bits per heavy atom. The number of nitrogens with zero attached hydrogens (tertiary/aromatic N) is 2. The lowest BCUT2D eigenvalue weighted by Gasteiger charge is -2.21. The first-order chi connectivity index (χ1) is 7.79. The van der Waals surface area contributed by atoms with E-state index in [1.54, 1.807) is 27.7 Å². The predicted octanol–water partition coefficient (Wildman–Crippen LogP) is 1.44. The van der Waals surface area contributed by atoms with Crippen LogP contribution in [0.25, 0.3) is 0 Å². The minimum atomic E-state index is -0.668. The molecule has 1 atom stereocenters. The molecule has 0 aliphatic rings. The summed E-state index contributed by atoms with van der Waals surface area (Å²) in [5.74, 6) is -0.270. The minimum absolute atomic E-state index is 0.270. The Morgan fingerprint density at radius 3 is 2.53 bits per heavy atom. The van der Waals surface area contributed by atoms with Crippen molar-refractivity contribution in [1.29, 1.82) is 0 Å². The number of carbonyl (C=O) groups is 2. The van der Waals surface area contributed by atoms with E-state index in [1.165, 1.54) is 23.3 Å². The Morgan fingerprint density at radius 1 is 1.41 bits per heavy atom. The summed E-state index contributed by atoms with van der Waals surface area (Å²) in [7, 11) is 0. The summed E-state index contributed by atoms with van der Waals surface area (Å²) in [4.78, 5) is 27.0. The van der Waals surface area contributed by atoms with Crippen LogP contribution in [0.1, 0.15) is 32.5 Å². The molecule has 0 bridgehead atoms. The van der Waals surface area contributed by atoms with Gasteiger partial charge in [0.15, 0.2) is 0 Å². The van der Waals surface area contributed by atoms with Crippen molar-refractivity contribution in [3.63, 3.8) is 0 Å². The molecule has 0 spiro atoms. The van der Waals surface area contributed by atoms with Gasteiger partial charge in [0, 0.05) is 12.4 Å². The van der Waals surface area contributed by atoms with Crippen molar-refractivity contribution in [3.8, 4) is 0 Å². The van der Waals surface area contributed by atoms with Gasteiger partial charge in [0.1, 0.15) is 18.0 Å². The van der Waals surface area contributed by atoms with Crippen molar-refractivity contribution in [2.45, 2.75) is 39.3 Å². The third-order valence-electron chi connectivity index (χ3n) is 1.86. The smallest absolute Gasteiger partial charge is 0.408 e. The highest BCUT2D eigenvalue weighted by atomic mass is 16.6. The fourth-order valence-electron chi connectivity index (χ4n) is 1.16. The van der Waals surface area contributed by atoms with E-state index in [-0.39, 0.29) is 5.91 Å². The van der Waals surface area contributed by atoms with Crippen LogP contribution in [0, 0.1) is 0 Å². The second-order valence-electron chi connectivity index (χ2n) is 4.68. The number of rotatable bonds is 2. The highest BCUT2D eigenvalue weighted by Crippen LogP contribution is 2.06. The van der Waals surface area contributed by atoms with E-state index < -0.39 is 17.7 Å². The van der Waals surface area contributed by atoms with Crippen LogP contribution >= 0.6 is 0 Å². The summed E-state index contributed by atoms with van der Waals surface area (Å²) in [6, 6.07) is -0.668. The van der Waals surface area contributed by atoms with Crippen LogP contribution in [0.2, 0.25) is 0 Å². The van der Waals surface area contributed by atoms with E-state index in [4.69, 9.17) is 4.74 Å². The Balaban J connectivity index is 2.52. The van der Waals surface area contributed by atoms with E-state index >= 15 is 0 Å². The maximum atomic E-state index is 11.8. The van der Waals surface area contributed by atoms with Gasteiger partial charge in [-0.3, -0.25) is 9.36 Å². The Bertz CT molecular complexity index is 393. The highest BCUT2D eigenvalue weighted by Gasteiger charge is 2.21. The molecule has 6 nitrogen and oxygen atoms in total. The number of imidazole rings is 1. The lowest BCUT2D eigenvalue weighted by molar-refractivity contribution is 0.0488. The van der Waals surface area contributed by atoms with E-state index in [0.717, 1.165) is 0 Å². The first-order valence-electron chi connectivity index (χ1n) is 5.31. The molecule has 0 radical (unpaired) electrons. The molecular weight excluding hydrogens is 222 g/mol. The molecule has 1 aromatic heterocycles. The van der Waals surface area contributed by atoms with Gasteiger partial charge in [0.2, 0.25) is 0 Å². The van der Waals surface area contributed by atoms with E-state index in [2.05, 4.69) is 10.3 Å². The maximum absolute atomic E-state index is 11.8. The van der Waals surface area contributed by atoms with Gasteiger partial charge >= 0.3 is 6.09 Å². The average Bonchev–Trinajstić information content (AvgIpc) is 2.65. The van der Waals surface area contributed by atoms with Crippen molar-refractivity contribution in [2.24, 2.45) is 0 Å². The van der Waals surface area contributed by atoms with Crippen LogP contribution in [0.15, 0.2) is 18.7 Å². The first-order valence-corrected chi connectivity index (χ1v) is 5.31. The van der Waals surface area contributed by atoms with Crippen molar-refractivity contribution >= 4 is 12.0 Å². The number of ether oxygens (including phenoxy) is 1. The molecule has 0 fully saturated rings. The second-order valence-corrected chi connectivity index (χ2v) is 4.68. The summed E-state index contributed by atoms with van der Waals surface area (Å²) < 4.78 is 6.36. The van der Waals surface area contributed by atoms with Crippen molar-refractivity contribution in [3.05, 3.63) is 18.7 Å². The normalized spacial score (nSPS) is 12.9. The molecule has 1 N–H and O–H groups in total. The van der Waals surface area contributed by atoms with Gasteiger partial charge in [0.05, 0.1) is 0 Å². The first kappa shape index (κ1) is 13.2. The number of hydrogen-bond donors (Lipinski definition) is 1. The second kappa shape index (κ2) is 4.99. The summed E-state index contributed by atoms with van der Waals surface area (Å²) in [5, 5.41) is 2.47. The molecule has 6 heteroatoms. The molecule has 0 aromatic carbocycles. The number of nitrogens with one attached hydrogen (secondary N) is 1. The summed E-state index contributed by atoms with van der Waals surface area (Å²) >= 11 is 0. The van der Waals surface area contributed by atoms with Gasteiger partial charge in [-0.05, 0) is 27.7 Å². The third kappa shape index (κ3) is 4.26. The standard InChI is InChI=1S/C11H17N3O3/c1-8(9(15)14-6-5-12-7-14)13-10(16)17-11(2,3)4/h5-8H,1-4H3,(H,13,16)/t8-/m1/s1. The van der Waals surface area contributed by atoms with E-state index in [0.29, 0.717) is 0 Å². The largest absolute Gasteiger partial charge is 0.444 e. The zero-order chi connectivity index (χ0) is 13.1. The SMILES string of the molecule is C[C@@H](NC(=O)OC(C)(C)C)C(=O)n1ccnc1. The molecule has 17 heavy (non-hydrogen) atoms. The summed E-state index contributed by atoms with van der Waals surface area (Å²) in [6.07, 6.45) is 3.79.